The van der Waals surface area contributed by atoms with E-state index in [2.05, 4.69) is 53.8 Å². The number of para-hydroxylation sites is 1. The average Bonchev–Trinajstić information content (AvgIpc) is 3.32. The maximum atomic E-state index is 5.81. The summed E-state index contributed by atoms with van der Waals surface area (Å²) < 4.78 is 5.81. The van der Waals surface area contributed by atoms with Gasteiger partial charge in [-0.3, -0.25) is 0 Å². The smallest absolute Gasteiger partial charge is 0.119 e. The second kappa shape index (κ2) is 4.86. The quantitative estimate of drug-likeness (QED) is 0.906. The Morgan fingerprint density at radius 1 is 0.950 bits per heavy atom. The average molecular weight is 265 g/mol. The van der Waals surface area contributed by atoms with Gasteiger partial charge in [-0.1, -0.05) is 30.3 Å². The van der Waals surface area contributed by atoms with Gasteiger partial charge in [0.05, 0.1) is 6.10 Å². The second-order valence-corrected chi connectivity index (χ2v) is 5.83. The van der Waals surface area contributed by atoms with Crippen LogP contribution in [0.15, 0.2) is 48.5 Å². The van der Waals surface area contributed by atoms with Crippen LogP contribution in [-0.2, 0) is 6.42 Å². The fraction of sp³-hybridized carbons (Fsp3) is 0.333. The molecular weight excluding hydrogens is 246 g/mol. The number of nitrogens with one attached hydrogen (secondary N) is 1. The van der Waals surface area contributed by atoms with Crippen molar-refractivity contribution in [1.29, 1.82) is 0 Å². The summed E-state index contributed by atoms with van der Waals surface area (Å²) in [4.78, 5) is 0. The molecule has 1 atom stereocenters. The molecule has 1 unspecified atom stereocenters. The lowest BCUT2D eigenvalue weighted by Crippen LogP contribution is -2.21. The molecular formula is C18H19NO. The van der Waals surface area contributed by atoms with Crippen molar-refractivity contribution in [3.05, 3.63) is 59.7 Å². The van der Waals surface area contributed by atoms with E-state index in [1.807, 2.05) is 0 Å². The molecule has 1 N–H and O–H groups in total. The summed E-state index contributed by atoms with van der Waals surface area (Å²) in [6, 6.07) is 17.3. The van der Waals surface area contributed by atoms with E-state index in [9.17, 15) is 0 Å². The summed E-state index contributed by atoms with van der Waals surface area (Å²) in [5, 5.41) is 3.54. The van der Waals surface area contributed by atoms with Gasteiger partial charge >= 0.3 is 0 Å². The van der Waals surface area contributed by atoms with Crippen molar-refractivity contribution in [1.82, 2.24) is 0 Å². The molecule has 102 valence electrons. The molecule has 1 aliphatic carbocycles. The first-order valence-corrected chi connectivity index (χ1v) is 7.47. The van der Waals surface area contributed by atoms with Gasteiger partial charge in [0.15, 0.2) is 0 Å². The fourth-order valence-electron chi connectivity index (χ4n) is 2.87. The van der Waals surface area contributed by atoms with Gasteiger partial charge in [-0.2, -0.15) is 0 Å². The molecule has 0 spiro atoms. The van der Waals surface area contributed by atoms with Crippen molar-refractivity contribution in [2.24, 2.45) is 0 Å². The molecule has 1 fully saturated rings. The largest absolute Gasteiger partial charge is 0.490 e. The van der Waals surface area contributed by atoms with E-state index in [0.29, 0.717) is 12.0 Å². The number of ether oxygens (including phenoxy) is 1. The summed E-state index contributed by atoms with van der Waals surface area (Å²) >= 11 is 0. The Morgan fingerprint density at radius 3 is 2.55 bits per heavy atom. The van der Waals surface area contributed by atoms with Crippen molar-refractivity contribution in [3.8, 4) is 5.75 Å². The zero-order chi connectivity index (χ0) is 13.4. The summed E-state index contributed by atoms with van der Waals surface area (Å²) in [7, 11) is 0. The Bertz CT molecular complexity index is 601. The standard InChI is InChI=1S/C18H19NO/c1-2-4-18-14(3-1)11-15(12-19-18)13-5-7-16(8-6-13)20-17-9-10-17/h1-8,15,17,19H,9-12H2. The molecule has 20 heavy (non-hydrogen) atoms. The summed E-state index contributed by atoms with van der Waals surface area (Å²) in [5.41, 5.74) is 4.11. The highest BCUT2D eigenvalue weighted by Crippen LogP contribution is 2.32. The van der Waals surface area contributed by atoms with Crippen LogP contribution < -0.4 is 10.1 Å². The van der Waals surface area contributed by atoms with E-state index in [-0.39, 0.29) is 0 Å². The summed E-state index contributed by atoms with van der Waals surface area (Å²) in [6.45, 7) is 1.01. The Kier molecular flexibility index (Phi) is 2.87. The van der Waals surface area contributed by atoms with Crippen LogP contribution in [0.5, 0.6) is 5.75 Å². The molecule has 2 aromatic rings. The minimum Gasteiger partial charge on any atom is -0.490 e. The number of rotatable bonds is 3. The lowest BCUT2D eigenvalue weighted by Gasteiger charge is -2.26. The SMILES string of the molecule is c1ccc2c(c1)CC(c1ccc(OC3CC3)cc1)CN2. The number of benzene rings is 2. The van der Waals surface area contributed by atoms with E-state index in [4.69, 9.17) is 4.74 Å². The first-order valence-electron chi connectivity index (χ1n) is 7.47. The second-order valence-electron chi connectivity index (χ2n) is 5.83. The molecule has 0 aromatic heterocycles. The highest BCUT2D eigenvalue weighted by molar-refractivity contribution is 5.54. The number of hydrogen-bond acceptors (Lipinski definition) is 2. The van der Waals surface area contributed by atoms with Crippen LogP contribution in [0.2, 0.25) is 0 Å². The van der Waals surface area contributed by atoms with Crippen LogP contribution in [0, 0.1) is 0 Å². The molecule has 0 saturated heterocycles. The van der Waals surface area contributed by atoms with E-state index in [0.717, 1.165) is 18.7 Å². The predicted octanol–water partition coefficient (Wildman–Crippen LogP) is 3.98. The Labute approximate surface area is 119 Å². The van der Waals surface area contributed by atoms with Crippen molar-refractivity contribution in [2.45, 2.75) is 31.3 Å². The third-order valence-corrected chi connectivity index (χ3v) is 4.20. The van der Waals surface area contributed by atoms with E-state index in [1.165, 1.54) is 29.7 Å². The van der Waals surface area contributed by atoms with Gasteiger partial charge in [0.1, 0.15) is 5.75 Å². The molecule has 2 aromatic carbocycles. The number of fused-ring (bicyclic) bond motifs is 1. The molecule has 0 bridgehead atoms. The van der Waals surface area contributed by atoms with E-state index >= 15 is 0 Å². The number of hydrogen-bond donors (Lipinski definition) is 1. The minimum atomic E-state index is 0.476. The lowest BCUT2D eigenvalue weighted by molar-refractivity contribution is 0.303. The maximum Gasteiger partial charge on any atom is 0.119 e. The van der Waals surface area contributed by atoms with Crippen molar-refractivity contribution >= 4 is 5.69 Å². The predicted molar refractivity (Wildman–Crippen MR) is 81.5 cm³/mol. The van der Waals surface area contributed by atoms with Crippen LogP contribution in [0.4, 0.5) is 5.69 Å². The molecule has 2 aliphatic rings. The number of anilines is 1. The van der Waals surface area contributed by atoms with Gasteiger partial charge in [0, 0.05) is 18.2 Å². The molecule has 1 aliphatic heterocycles. The molecule has 2 nitrogen and oxygen atoms in total. The van der Waals surface area contributed by atoms with Crippen molar-refractivity contribution in [3.63, 3.8) is 0 Å². The van der Waals surface area contributed by atoms with Gasteiger partial charge in [-0.25, -0.2) is 0 Å². The first kappa shape index (κ1) is 11.8. The highest BCUT2D eigenvalue weighted by atomic mass is 16.5. The van der Waals surface area contributed by atoms with Gasteiger partial charge in [0.25, 0.3) is 0 Å². The normalized spacial score (nSPS) is 20.9. The Balaban J connectivity index is 1.50. The van der Waals surface area contributed by atoms with Crippen molar-refractivity contribution < 1.29 is 4.74 Å². The Hall–Kier alpha value is -1.96. The van der Waals surface area contributed by atoms with Gasteiger partial charge in [-0.05, 0) is 48.6 Å². The molecule has 0 amide bonds. The van der Waals surface area contributed by atoms with Gasteiger partial charge in [-0.15, -0.1) is 0 Å². The topological polar surface area (TPSA) is 21.3 Å². The summed E-state index contributed by atoms with van der Waals surface area (Å²) in [6.07, 6.45) is 4.02. The molecule has 0 radical (unpaired) electrons. The molecule has 1 heterocycles. The lowest BCUT2D eigenvalue weighted by atomic mass is 9.88. The monoisotopic (exact) mass is 265 g/mol. The third kappa shape index (κ3) is 2.38. The van der Waals surface area contributed by atoms with Crippen LogP contribution >= 0.6 is 0 Å². The molecule has 1 saturated carbocycles. The van der Waals surface area contributed by atoms with Gasteiger partial charge in [0.2, 0.25) is 0 Å². The van der Waals surface area contributed by atoms with Crippen LogP contribution in [0.25, 0.3) is 0 Å². The fourth-order valence-corrected chi connectivity index (χ4v) is 2.87. The van der Waals surface area contributed by atoms with E-state index in [1.54, 1.807) is 0 Å². The third-order valence-electron chi connectivity index (χ3n) is 4.20. The molecule has 2 heteroatoms. The van der Waals surface area contributed by atoms with Crippen LogP contribution in [0.1, 0.15) is 29.9 Å². The zero-order valence-corrected chi connectivity index (χ0v) is 11.5. The zero-order valence-electron chi connectivity index (χ0n) is 11.5. The summed E-state index contributed by atoms with van der Waals surface area (Å²) in [5.74, 6) is 1.57. The highest BCUT2D eigenvalue weighted by Gasteiger charge is 2.24. The van der Waals surface area contributed by atoms with Gasteiger partial charge < -0.3 is 10.1 Å². The Morgan fingerprint density at radius 2 is 1.75 bits per heavy atom. The first-order chi connectivity index (χ1) is 9.88. The van der Waals surface area contributed by atoms with Crippen LogP contribution in [0.3, 0.4) is 0 Å². The van der Waals surface area contributed by atoms with Crippen LogP contribution in [-0.4, -0.2) is 12.6 Å². The minimum absolute atomic E-state index is 0.476. The van der Waals surface area contributed by atoms with Crippen molar-refractivity contribution in [2.75, 3.05) is 11.9 Å². The molecule has 4 rings (SSSR count). The van der Waals surface area contributed by atoms with E-state index < -0.39 is 0 Å². The maximum absolute atomic E-state index is 5.81.